The number of thiophene rings is 1. The Labute approximate surface area is 160 Å². The van der Waals surface area contributed by atoms with Gasteiger partial charge >= 0.3 is 6.03 Å². The number of urea groups is 1. The number of nitrogens with two attached hydrogens (primary N) is 2. The van der Waals surface area contributed by atoms with Gasteiger partial charge in [0.2, 0.25) is 5.91 Å². The number of nitrogen functional groups attached to an aromatic ring is 1. The maximum Gasteiger partial charge on any atom is 0.334 e. The lowest BCUT2D eigenvalue weighted by atomic mass is 10.2. The van der Waals surface area contributed by atoms with Crippen LogP contribution in [0.2, 0.25) is 0 Å². The van der Waals surface area contributed by atoms with Crippen LogP contribution >= 0.6 is 11.3 Å². The molecule has 2 heterocycles. The van der Waals surface area contributed by atoms with E-state index in [0.29, 0.717) is 13.0 Å². The maximum atomic E-state index is 12.4. The van der Waals surface area contributed by atoms with Gasteiger partial charge in [-0.25, -0.2) is 22.9 Å². The molecule has 0 aliphatic carbocycles. The fourth-order valence-corrected chi connectivity index (χ4v) is 4.61. The normalized spacial score (nSPS) is 11.2. The summed E-state index contributed by atoms with van der Waals surface area (Å²) in [5.41, 5.74) is 11.5. The SMILES string of the molecule is COCCc1sc(S(=O)(=O)NC(=O)Nc2cc(C(N)=O)cc(N)n2)cc1C. The topological polar surface area (TPSA) is 166 Å². The van der Waals surface area contributed by atoms with Crippen LogP contribution in [0.4, 0.5) is 16.4 Å². The van der Waals surface area contributed by atoms with Gasteiger partial charge in [-0.1, -0.05) is 0 Å². The molecule has 3 amide bonds. The first kappa shape index (κ1) is 20.6. The van der Waals surface area contributed by atoms with E-state index < -0.39 is 22.0 Å². The van der Waals surface area contributed by atoms with Crippen LogP contribution in [0.5, 0.6) is 0 Å². The number of carbonyl (C=O) groups excluding carboxylic acids is 2. The Kier molecular flexibility index (Phi) is 6.36. The molecular weight excluding hydrogens is 394 g/mol. The number of hydrogen-bond donors (Lipinski definition) is 4. The molecule has 0 saturated carbocycles. The minimum absolute atomic E-state index is 0.000359. The summed E-state index contributed by atoms with van der Waals surface area (Å²) in [6, 6.07) is 2.85. The number of pyridine rings is 1. The number of carbonyl (C=O) groups is 2. The van der Waals surface area contributed by atoms with Crippen molar-refractivity contribution in [1.29, 1.82) is 0 Å². The number of sulfonamides is 1. The predicted molar refractivity (Wildman–Crippen MR) is 101 cm³/mol. The molecule has 0 aliphatic rings. The lowest BCUT2D eigenvalue weighted by molar-refractivity contribution is 0.1000. The van der Waals surface area contributed by atoms with Crippen molar-refractivity contribution in [3.63, 3.8) is 0 Å². The van der Waals surface area contributed by atoms with Crippen molar-refractivity contribution in [2.75, 3.05) is 24.8 Å². The third-order valence-corrected chi connectivity index (χ3v) is 6.50. The number of rotatable bonds is 7. The second-order valence-electron chi connectivity index (χ2n) is 5.50. The summed E-state index contributed by atoms with van der Waals surface area (Å²) in [4.78, 5) is 27.9. The van der Waals surface area contributed by atoms with Crippen molar-refractivity contribution in [2.24, 2.45) is 5.73 Å². The van der Waals surface area contributed by atoms with E-state index in [1.54, 1.807) is 14.0 Å². The van der Waals surface area contributed by atoms with Gasteiger partial charge in [-0.05, 0) is 30.7 Å². The van der Waals surface area contributed by atoms with Crippen LogP contribution in [0.1, 0.15) is 20.8 Å². The summed E-state index contributed by atoms with van der Waals surface area (Å²) in [5, 5.41) is 2.22. The molecule has 27 heavy (non-hydrogen) atoms. The molecule has 0 radical (unpaired) electrons. The zero-order chi connectivity index (χ0) is 20.2. The molecule has 0 saturated heterocycles. The first-order chi connectivity index (χ1) is 12.6. The summed E-state index contributed by atoms with van der Waals surface area (Å²) in [6.45, 7) is 2.24. The van der Waals surface area contributed by atoms with Gasteiger partial charge in [0, 0.05) is 24.0 Å². The highest BCUT2D eigenvalue weighted by Gasteiger charge is 2.22. The van der Waals surface area contributed by atoms with Gasteiger partial charge in [0.05, 0.1) is 6.61 Å². The predicted octanol–water partition coefficient (Wildman–Crippen LogP) is 0.832. The Morgan fingerprint density at radius 1 is 1.30 bits per heavy atom. The van der Waals surface area contributed by atoms with Gasteiger partial charge in [0.15, 0.2) is 0 Å². The molecule has 2 aromatic rings. The number of aryl methyl sites for hydroxylation is 1. The van der Waals surface area contributed by atoms with E-state index in [4.69, 9.17) is 16.2 Å². The lowest BCUT2D eigenvalue weighted by Gasteiger charge is -2.08. The van der Waals surface area contributed by atoms with Crippen LogP contribution in [0.15, 0.2) is 22.4 Å². The van der Waals surface area contributed by atoms with Gasteiger partial charge in [0.25, 0.3) is 10.0 Å². The van der Waals surface area contributed by atoms with Crippen LogP contribution < -0.4 is 21.5 Å². The van der Waals surface area contributed by atoms with E-state index in [1.807, 2.05) is 4.72 Å². The van der Waals surface area contributed by atoms with Gasteiger partial charge < -0.3 is 16.2 Å². The van der Waals surface area contributed by atoms with Crippen molar-refractivity contribution in [3.05, 3.63) is 34.2 Å². The number of nitrogens with one attached hydrogen (secondary N) is 2. The molecule has 0 unspecified atom stereocenters. The van der Waals surface area contributed by atoms with Crippen molar-refractivity contribution in [2.45, 2.75) is 17.6 Å². The minimum Gasteiger partial charge on any atom is -0.384 e. The highest BCUT2D eigenvalue weighted by molar-refractivity contribution is 7.92. The average Bonchev–Trinajstić information content (AvgIpc) is 2.93. The Morgan fingerprint density at radius 2 is 2.00 bits per heavy atom. The number of anilines is 2. The third kappa shape index (κ3) is 5.39. The smallest absolute Gasteiger partial charge is 0.334 e. The van der Waals surface area contributed by atoms with Crippen molar-refractivity contribution in [3.8, 4) is 0 Å². The molecule has 2 aromatic heterocycles. The van der Waals surface area contributed by atoms with Crippen LogP contribution in [0, 0.1) is 6.92 Å². The molecule has 146 valence electrons. The van der Waals surface area contributed by atoms with Crippen LogP contribution in [0.25, 0.3) is 0 Å². The molecular formula is C15H19N5O5S2. The van der Waals surface area contributed by atoms with E-state index in [2.05, 4.69) is 10.3 Å². The highest BCUT2D eigenvalue weighted by atomic mass is 32.2. The highest BCUT2D eigenvalue weighted by Crippen LogP contribution is 2.26. The van der Waals surface area contributed by atoms with Gasteiger partial charge in [-0.3, -0.25) is 10.1 Å². The van der Waals surface area contributed by atoms with E-state index in [0.717, 1.165) is 21.8 Å². The molecule has 6 N–H and O–H groups in total. The van der Waals surface area contributed by atoms with E-state index in [1.165, 1.54) is 18.2 Å². The molecule has 0 aromatic carbocycles. The molecule has 0 bridgehead atoms. The molecule has 2 rings (SSSR count). The lowest BCUT2D eigenvalue weighted by Crippen LogP contribution is -2.34. The number of ether oxygens (including phenoxy) is 1. The van der Waals surface area contributed by atoms with Crippen molar-refractivity contribution in [1.82, 2.24) is 9.71 Å². The van der Waals surface area contributed by atoms with Crippen LogP contribution in [0.3, 0.4) is 0 Å². The Balaban J connectivity index is 2.14. The molecule has 10 nitrogen and oxygen atoms in total. The first-order valence-electron chi connectivity index (χ1n) is 7.62. The quantitative estimate of drug-likeness (QED) is 0.521. The number of hydrogen-bond acceptors (Lipinski definition) is 8. The van der Waals surface area contributed by atoms with Gasteiger partial charge in [-0.15, -0.1) is 11.3 Å². The second-order valence-corrected chi connectivity index (χ2v) is 8.55. The number of aromatic nitrogens is 1. The maximum absolute atomic E-state index is 12.4. The van der Waals surface area contributed by atoms with Gasteiger partial charge in [0.1, 0.15) is 15.8 Å². The zero-order valence-corrected chi connectivity index (χ0v) is 16.2. The molecule has 0 aliphatic heterocycles. The first-order valence-corrected chi connectivity index (χ1v) is 9.91. The van der Waals surface area contributed by atoms with E-state index in [-0.39, 0.29) is 21.4 Å². The molecule has 0 fully saturated rings. The minimum atomic E-state index is -4.08. The van der Waals surface area contributed by atoms with Crippen molar-refractivity contribution < 1.29 is 22.7 Å². The summed E-state index contributed by atoms with van der Waals surface area (Å²) in [5.74, 6) is -0.932. The summed E-state index contributed by atoms with van der Waals surface area (Å²) in [6.07, 6.45) is 0.567. The Hall–Kier alpha value is -2.70. The molecule has 0 spiro atoms. The summed E-state index contributed by atoms with van der Waals surface area (Å²) in [7, 11) is -2.52. The second kappa shape index (κ2) is 8.33. The molecule has 12 heteroatoms. The fourth-order valence-electron chi connectivity index (χ4n) is 2.14. The van der Waals surface area contributed by atoms with Crippen LogP contribution in [-0.4, -0.2) is 39.1 Å². The molecule has 0 atom stereocenters. The van der Waals surface area contributed by atoms with E-state index >= 15 is 0 Å². The Bertz CT molecular complexity index is 971. The number of amides is 3. The standard InChI is InChI=1S/C15H19N5O5S2/c1-8-5-13(26-10(8)3-4-25-2)27(23,24)20-15(22)19-12-7-9(14(17)21)6-11(16)18-12/h5-7H,3-4H2,1-2H3,(H2,17,21)(H4,16,18,19,20,22). The third-order valence-electron chi connectivity index (χ3n) is 3.39. The zero-order valence-electron chi connectivity index (χ0n) is 14.6. The number of nitrogens with zero attached hydrogens (tertiary/aromatic N) is 1. The van der Waals surface area contributed by atoms with Crippen molar-refractivity contribution >= 4 is 44.9 Å². The van der Waals surface area contributed by atoms with Crippen LogP contribution in [-0.2, 0) is 21.2 Å². The summed E-state index contributed by atoms with van der Waals surface area (Å²) < 4.78 is 31.7. The fraction of sp³-hybridized carbons (Fsp3) is 0.267. The monoisotopic (exact) mass is 413 g/mol. The van der Waals surface area contributed by atoms with Gasteiger partial charge in [-0.2, -0.15) is 0 Å². The number of methoxy groups -OCH3 is 1. The Morgan fingerprint density at radius 3 is 2.63 bits per heavy atom. The average molecular weight is 413 g/mol. The number of primary amides is 1. The largest absolute Gasteiger partial charge is 0.384 e. The summed E-state index contributed by atoms with van der Waals surface area (Å²) >= 11 is 1.06. The van der Waals surface area contributed by atoms with E-state index in [9.17, 15) is 18.0 Å².